The van der Waals surface area contributed by atoms with Crippen molar-refractivity contribution in [3.05, 3.63) is 88.3 Å². The fraction of sp³-hybridized carbons (Fsp3) is 0.167. The van der Waals surface area contributed by atoms with Crippen LogP contribution in [-0.2, 0) is 6.54 Å². The number of aromatic nitrogens is 2. The number of nitriles is 1. The monoisotopic (exact) mass is 473 g/mol. The Bertz CT molecular complexity index is 1390. The van der Waals surface area contributed by atoms with Gasteiger partial charge in [-0.1, -0.05) is 18.2 Å². The van der Waals surface area contributed by atoms with Gasteiger partial charge in [0.25, 0.3) is 11.8 Å². The van der Waals surface area contributed by atoms with Crippen LogP contribution in [0.4, 0.5) is 14.9 Å². The molecule has 0 spiro atoms. The van der Waals surface area contributed by atoms with Gasteiger partial charge in [-0.3, -0.25) is 14.5 Å². The Morgan fingerprint density at radius 3 is 2.57 bits per heavy atom. The molecule has 11 heteroatoms. The molecule has 0 saturated carbocycles. The third kappa shape index (κ3) is 4.91. The molecular formula is C24H20FN7O3. The first kappa shape index (κ1) is 23.3. The number of halogens is 1. The lowest BCUT2D eigenvalue weighted by Crippen LogP contribution is -2.38. The lowest BCUT2D eigenvalue weighted by molar-refractivity contribution is 0.0933. The molecule has 0 bridgehead atoms. The number of rotatable bonds is 5. The second-order valence-corrected chi connectivity index (χ2v) is 7.91. The van der Waals surface area contributed by atoms with Crippen molar-refractivity contribution in [3.8, 4) is 6.07 Å². The molecule has 0 fully saturated rings. The molecule has 1 aliphatic heterocycles. The van der Waals surface area contributed by atoms with Gasteiger partial charge >= 0.3 is 6.03 Å². The van der Waals surface area contributed by atoms with Gasteiger partial charge in [-0.05, 0) is 36.2 Å². The minimum absolute atomic E-state index is 0.0202. The quantitative estimate of drug-likeness (QED) is 0.516. The molecule has 0 saturated heterocycles. The van der Waals surface area contributed by atoms with E-state index in [1.54, 1.807) is 31.2 Å². The summed E-state index contributed by atoms with van der Waals surface area (Å²) in [5, 5.41) is 14.6. The summed E-state index contributed by atoms with van der Waals surface area (Å²) in [5.74, 6) is -1.44. The van der Waals surface area contributed by atoms with Crippen molar-refractivity contribution in [2.24, 2.45) is 5.73 Å². The molecule has 0 radical (unpaired) electrons. The number of nitrogens with one attached hydrogen (secondary N) is 2. The Kier molecular flexibility index (Phi) is 6.37. The van der Waals surface area contributed by atoms with Gasteiger partial charge in [0.2, 0.25) is 0 Å². The zero-order valence-corrected chi connectivity index (χ0v) is 18.6. The van der Waals surface area contributed by atoms with E-state index in [2.05, 4.69) is 20.6 Å². The largest absolute Gasteiger partial charge is 0.351 e. The molecule has 0 aliphatic carbocycles. The van der Waals surface area contributed by atoms with Crippen LogP contribution in [0.3, 0.4) is 0 Å². The van der Waals surface area contributed by atoms with Crippen molar-refractivity contribution < 1.29 is 18.8 Å². The van der Waals surface area contributed by atoms with E-state index in [4.69, 9.17) is 11.0 Å². The maximum atomic E-state index is 13.4. The van der Waals surface area contributed by atoms with Crippen molar-refractivity contribution in [3.63, 3.8) is 0 Å². The number of benzene rings is 2. The van der Waals surface area contributed by atoms with E-state index < -0.39 is 23.9 Å². The Labute approximate surface area is 199 Å². The molecule has 1 aromatic heterocycles. The third-order valence-electron chi connectivity index (χ3n) is 5.57. The number of primary amides is 1. The lowest BCUT2D eigenvalue weighted by Gasteiger charge is -2.15. The highest BCUT2D eigenvalue weighted by Gasteiger charge is 2.33. The van der Waals surface area contributed by atoms with Gasteiger partial charge in [0.05, 0.1) is 29.9 Å². The zero-order chi connectivity index (χ0) is 25.1. The summed E-state index contributed by atoms with van der Waals surface area (Å²) in [4.78, 5) is 46.4. The van der Waals surface area contributed by atoms with Gasteiger partial charge in [0, 0.05) is 18.2 Å². The van der Waals surface area contributed by atoms with Crippen molar-refractivity contribution in [2.45, 2.75) is 19.5 Å². The molecule has 1 unspecified atom stereocenters. The SMILES string of the molecule is Cc1cc(CNC(=O)c2cc(C(=O)NC3CN(C(N)=O)c4cc(C#N)ccc43)ncn2)ccc1F. The topological polar surface area (TPSA) is 154 Å². The number of hydrogen-bond acceptors (Lipinski definition) is 6. The number of nitrogens with zero attached hydrogens (tertiary/aromatic N) is 4. The van der Waals surface area contributed by atoms with Crippen molar-refractivity contribution >= 4 is 23.5 Å². The molecule has 35 heavy (non-hydrogen) atoms. The van der Waals surface area contributed by atoms with Gasteiger partial charge in [-0.25, -0.2) is 19.2 Å². The van der Waals surface area contributed by atoms with Crippen molar-refractivity contribution in [2.75, 3.05) is 11.4 Å². The molecule has 4 amide bonds. The Morgan fingerprint density at radius 1 is 1.14 bits per heavy atom. The van der Waals surface area contributed by atoms with E-state index in [1.807, 2.05) is 6.07 Å². The van der Waals surface area contributed by atoms with Crippen LogP contribution in [0.15, 0.2) is 48.8 Å². The van der Waals surface area contributed by atoms with E-state index in [-0.39, 0.29) is 30.3 Å². The van der Waals surface area contributed by atoms with E-state index in [1.165, 1.54) is 23.1 Å². The van der Waals surface area contributed by atoms with Crippen LogP contribution in [0, 0.1) is 24.1 Å². The lowest BCUT2D eigenvalue weighted by atomic mass is 10.1. The third-order valence-corrected chi connectivity index (χ3v) is 5.57. The van der Waals surface area contributed by atoms with Crippen LogP contribution in [0.1, 0.15) is 49.3 Å². The van der Waals surface area contributed by atoms with Gasteiger partial charge < -0.3 is 16.4 Å². The Morgan fingerprint density at radius 2 is 1.89 bits per heavy atom. The highest BCUT2D eigenvalue weighted by Crippen LogP contribution is 2.35. The van der Waals surface area contributed by atoms with Crippen LogP contribution in [0.25, 0.3) is 0 Å². The molecule has 10 nitrogen and oxygen atoms in total. The summed E-state index contributed by atoms with van der Waals surface area (Å²) in [7, 11) is 0. The minimum atomic E-state index is -0.713. The highest BCUT2D eigenvalue weighted by molar-refractivity contribution is 5.98. The Hall–Kier alpha value is -4.85. The maximum absolute atomic E-state index is 13.4. The number of anilines is 1. The summed E-state index contributed by atoms with van der Waals surface area (Å²) in [6.45, 7) is 1.86. The average Bonchev–Trinajstić information content (AvgIpc) is 3.22. The molecule has 176 valence electrons. The summed E-state index contributed by atoms with van der Waals surface area (Å²) in [5.41, 5.74) is 7.98. The number of amides is 4. The van der Waals surface area contributed by atoms with Gasteiger partial charge in [0.15, 0.2) is 0 Å². The fourth-order valence-corrected chi connectivity index (χ4v) is 3.78. The normalized spacial score (nSPS) is 14.1. The van der Waals surface area contributed by atoms with E-state index >= 15 is 0 Å². The van der Waals surface area contributed by atoms with Gasteiger partial charge in [-0.15, -0.1) is 0 Å². The summed E-state index contributed by atoms with van der Waals surface area (Å²) >= 11 is 0. The number of nitrogens with two attached hydrogens (primary N) is 1. The van der Waals surface area contributed by atoms with E-state index in [9.17, 15) is 18.8 Å². The Balaban J connectivity index is 1.46. The van der Waals surface area contributed by atoms with Crippen LogP contribution in [0.2, 0.25) is 0 Å². The molecular weight excluding hydrogens is 453 g/mol. The van der Waals surface area contributed by atoms with Gasteiger partial charge in [-0.2, -0.15) is 5.26 Å². The average molecular weight is 473 g/mol. The fourth-order valence-electron chi connectivity index (χ4n) is 3.78. The predicted octanol–water partition coefficient (Wildman–Crippen LogP) is 2.10. The van der Waals surface area contributed by atoms with Crippen LogP contribution >= 0.6 is 0 Å². The number of urea groups is 1. The van der Waals surface area contributed by atoms with Crippen molar-refractivity contribution in [1.82, 2.24) is 20.6 Å². The van der Waals surface area contributed by atoms with Crippen LogP contribution in [-0.4, -0.2) is 34.4 Å². The second kappa shape index (κ2) is 9.56. The van der Waals surface area contributed by atoms with Crippen LogP contribution < -0.4 is 21.3 Å². The smallest absolute Gasteiger partial charge is 0.319 e. The van der Waals surface area contributed by atoms with Crippen molar-refractivity contribution in [1.29, 1.82) is 5.26 Å². The zero-order valence-electron chi connectivity index (χ0n) is 18.6. The van der Waals surface area contributed by atoms with Gasteiger partial charge in [0.1, 0.15) is 23.5 Å². The molecule has 4 N–H and O–H groups in total. The maximum Gasteiger partial charge on any atom is 0.319 e. The molecule has 2 heterocycles. The molecule has 1 aliphatic rings. The molecule has 2 aromatic carbocycles. The standard InChI is InChI=1S/C24H20FN7O3/c1-13-6-15(3-5-17(13)25)10-28-22(33)18-8-19(30-12-29-18)23(34)31-20-11-32(24(27)35)21-7-14(9-26)2-4-16(20)21/h2-8,12,20H,10-11H2,1H3,(H2,27,35)(H,28,33)(H,31,34). The molecule has 1 atom stereocenters. The summed E-state index contributed by atoms with van der Waals surface area (Å²) < 4.78 is 13.4. The number of carbonyl (C=O) groups is 3. The first-order chi connectivity index (χ1) is 16.8. The summed E-state index contributed by atoms with van der Waals surface area (Å²) in [6.07, 6.45) is 1.10. The van der Waals surface area contributed by atoms with Crippen LogP contribution in [0.5, 0.6) is 0 Å². The van der Waals surface area contributed by atoms with E-state index in [0.29, 0.717) is 27.9 Å². The first-order valence-corrected chi connectivity index (χ1v) is 10.5. The number of hydrogen-bond donors (Lipinski definition) is 3. The highest BCUT2D eigenvalue weighted by atomic mass is 19.1. The minimum Gasteiger partial charge on any atom is -0.351 e. The second-order valence-electron chi connectivity index (χ2n) is 7.91. The number of carbonyl (C=O) groups excluding carboxylic acids is 3. The molecule has 3 aromatic rings. The number of fused-ring (bicyclic) bond motifs is 1. The first-order valence-electron chi connectivity index (χ1n) is 10.5. The van der Waals surface area contributed by atoms with E-state index in [0.717, 1.165) is 6.33 Å². The molecule has 4 rings (SSSR count). The number of aryl methyl sites for hydroxylation is 1. The predicted molar refractivity (Wildman–Crippen MR) is 123 cm³/mol. The summed E-state index contributed by atoms with van der Waals surface area (Å²) in [6, 6.07) is 11.2.